The summed E-state index contributed by atoms with van der Waals surface area (Å²) in [7, 11) is 0. The van der Waals surface area contributed by atoms with Gasteiger partial charge in [-0.1, -0.05) is 78.0 Å². The Morgan fingerprint density at radius 2 is 1.79 bits per heavy atom. The minimum atomic E-state index is -0.204. The molecule has 0 aliphatic carbocycles. The van der Waals surface area contributed by atoms with Gasteiger partial charge in [0, 0.05) is 15.9 Å². The van der Waals surface area contributed by atoms with E-state index in [4.69, 9.17) is 0 Å². The van der Waals surface area contributed by atoms with E-state index in [0.717, 1.165) is 66.3 Å². The summed E-state index contributed by atoms with van der Waals surface area (Å²) in [5, 5.41) is 9.50. The van der Waals surface area contributed by atoms with Crippen molar-refractivity contribution in [1.82, 2.24) is 0 Å². The van der Waals surface area contributed by atoms with Crippen LogP contribution in [0, 0.1) is 17.1 Å². The van der Waals surface area contributed by atoms with Crippen molar-refractivity contribution in [1.29, 1.82) is 5.26 Å². The molecule has 3 aromatic rings. The molecule has 0 aliphatic rings. The van der Waals surface area contributed by atoms with Crippen LogP contribution >= 0.6 is 22.6 Å². The second kappa shape index (κ2) is 12.6. The van der Waals surface area contributed by atoms with Gasteiger partial charge in [0.2, 0.25) is 0 Å². The molecule has 0 bridgehead atoms. The van der Waals surface area contributed by atoms with Gasteiger partial charge in [-0.2, -0.15) is 5.26 Å². The Bertz CT molecular complexity index is 1130. The SMILES string of the molecule is C[C@H](I)CCCC(=O)c1ccc(-c2ccccc2C#N)cc1CCCCc1cccc(F)c1. The number of alkyl halides is 1. The minimum Gasteiger partial charge on any atom is -0.294 e. The number of halogens is 2. The van der Waals surface area contributed by atoms with Gasteiger partial charge in [0.25, 0.3) is 0 Å². The molecule has 0 N–H and O–H groups in total. The first-order valence-corrected chi connectivity index (χ1v) is 12.8. The van der Waals surface area contributed by atoms with E-state index < -0.39 is 0 Å². The molecule has 3 aromatic carbocycles. The summed E-state index contributed by atoms with van der Waals surface area (Å²) in [5.74, 6) is -0.0163. The molecular weight excluding hydrogens is 524 g/mol. The molecule has 2 nitrogen and oxygen atoms in total. The molecule has 1 atom stereocenters. The molecule has 0 saturated heterocycles. The van der Waals surface area contributed by atoms with Gasteiger partial charge in [-0.05, 0) is 79.0 Å². The molecule has 0 radical (unpaired) electrons. The van der Waals surface area contributed by atoms with E-state index in [9.17, 15) is 14.4 Å². The molecule has 0 amide bonds. The molecule has 0 fully saturated rings. The van der Waals surface area contributed by atoms with Crippen LogP contribution in [0.3, 0.4) is 0 Å². The lowest BCUT2D eigenvalue weighted by Gasteiger charge is -2.13. The van der Waals surface area contributed by atoms with Crippen LogP contribution in [0.4, 0.5) is 4.39 Å². The van der Waals surface area contributed by atoms with Gasteiger partial charge >= 0.3 is 0 Å². The number of rotatable bonds is 11. The molecule has 0 unspecified atom stereocenters. The Hall–Kier alpha value is -2.52. The van der Waals surface area contributed by atoms with Gasteiger partial charge < -0.3 is 0 Å². The summed E-state index contributed by atoms with van der Waals surface area (Å²) in [6.45, 7) is 2.16. The molecule has 0 aromatic heterocycles. The number of nitrogens with zero attached hydrogens (tertiary/aromatic N) is 1. The molecule has 170 valence electrons. The third kappa shape index (κ3) is 7.50. The number of unbranched alkanes of at least 4 members (excludes halogenated alkanes) is 1. The van der Waals surface area contributed by atoms with Gasteiger partial charge in [0.05, 0.1) is 11.6 Å². The molecule has 0 saturated carbocycles. The zero-order chi connectivity index (χ0) is 23.6. The minimum absolute atomic E-state index is 0.187. The lowest BCUT2D eigenvalue weighted by Crippen LogP contribution is -2.06. The number of aryl methyl sites for hydroxylation is 2. The fourth-order valence-corrected chi connectivity index (χ4v) is 4.53. The van der Waals surface area contributed by atoms with Crippen LogP contribution in [0.5, 0.6) is 0 Å². The molecule has 3 rings (SSSR count). The molecule has 0 spiro atoms. The predicted molar refractivity (Wildman–Crippen MR) is 141 cm³/mol. The maximum absolute atomic E-state index is 13.4. The van der Waals surface area contributed by atoms with Gasteiger partial charge in [-0.3, -0.25) is 4.79 Å². The van der Waals surface area contributed by atoms with Crippen molar-refractivity contribution in [2.24, 2.45) is 0 Å². The van der Waals surface area contributed by atoms with E-state index in [0.29, 0.717) is 15.9 Å². The summed E-state index contributed by atoms with van der Waals surface area (Å²) < 4.78 is 14.0. The van der Waals surface area contributed by atoms with E-state index >= 15 is 0 Å². The first-order valence-electron chi connectivity index (χ1n) is 11.5. The van der Waals surface area contributed by atoms with Crippen molar-refractivity contribution in [2.45, 2.75) is 55.8 Å². The van der Waals surface area contributed by atoms with Crippen LogP contribution in [0.25, 0.3) is 11.1 Å². The fraction of sp³-hybridized carbons (Fsp3) is 0.310. The summed E-state index contributed by atoms with van der Waals surface area (Å²) in [6, 6.07) is 22.5. The summed E-state index contributed by atoms with van der Waals surface area (Å²) >= 11 is 2.40. The van der Waals surface area contributed by atoms with Crippen LogP contribution < -0.4 is 0 Å². The first-order chi connectivity index (χ1) is 16.0. The summed E-state index contributed by atoms with van der Waals surface area (Å²) in [4.78, 5) is 13.0. The molecule has 0 aliphatic heterocycles. The summed E-state index contributed by atoms with van der Waals surface area (Å²) in [5.41, 5.74) is 5.30. The fourth-order valence-electron chi connectivity index (χ4n) is 4.09. The average molecular weight is 553 g/mol. The second-order valence-electron chi connectivity index (χ2n) is 8.46. The van der Waals surface area contributed by atoms with Gasteiger partial charge in [0.1, 0.15) is 5.82 Å². The highest BCUT2D eigenvalue weighted by Crippen LogP contribution is 2.28. The summed E-state index contributed by atoms with van der Waals surface area (Å²) in [6.07, 6.45) is 5.89. The number of carbonyl (C=O) groups excluding carboxylic acids is 1. The van der Waals surface area contributed by atoms with Crippen molar-refractivity contribution in [3.8, 4) is 17.2 Å². The van der Waals surface area contributed by atoms with Gasteiger partial charge in [0.15, 0.2) is 5.78 Å². The lowest BCUT2D eigenvalue weighted by molar-refractivity contribution is 0.0978. The van der Waals surface area contributed by atoms with Crippen molar-refractivity contribution in [2.75, 3.05) is 0 Å². The van der Waals surface area contributed by atoms with Crippen molar-refractivity contribution < 1.29 is 9.18 Å². The van der Waals surface area contributed by atoms with Crippen LogP contribution in [-0.4, -0.2) is 9.71 Å². The molecule has 33 heavy (non-hydrogen) atoms. The Kier molecular flexibility index (Phi) is 9.62. The number of nitriles is 1. The highest BCUT2D eigenvalue weighted by Gasteiger charge is 2.14. The Balaban J connectivity index is 1.78. The topological polar surface area (TPSA) is 40.9 Å². The third-order valence-electron chi connectivity index (χ3n) is 5.82. The van der Waals surface area contributed by atoms with E-state index in [-0.39, 0.29) is 11.6 Å². The number of ketones is 1. The third-order valence-corrected chi connectivity index (χ3v) is 6.44. The van der Waals surface area contributed by atoms with Crippen molar-refractivity contribution >= 4 is 28.4 Å². The van der Waals surface area contributed by atoms with Gasteiger partial charge in [-0.15, -0.1) is 0 Å². The van der Waals surface area contributed by atoms with E-state index in [1.807, 2.05) is 42.5 Å². The van der Waals surface area contributed by atoms with Crippen LogP contribution in [-0.2, 0) is 12.8 Å². The number of benzene rings is 3. The molecule has 0 heterocycles. The number of hydrogen-bond acceptors (Lipinski definition) is 2. The Morgan fingerprint density at radius 1 is 1.00 bits per heavy atom. The second-order valence-corrected chi connectivity index (χ2v) is 10.6. The van der Waals surface area contributed by atoms with E-state index in [1.165, 1.54) is 6.07 Å². The van der Waals surface area contributed by atoms with Gasteiger partial charge in [-0.25, -0.2) is 4.39 Å². The number of hydrogen-bond donors (Lipinski definition) is 0. The van der Waals surface area contributed by atoms with Crippen LogP contribution in [0.2, 0.25) is 0 Å². The molecule has 4 heteroatoms. The first kappa shape index (κ1) is 25.1. The normalized spacial score (nSPS) is 11.7. The smallest absolute Gasteiger partial charge is 0.163 e. The van der Waals surface area contributed by atoms with Crippen LogP contribution in [0.1, 0.15) is 66.1 Å². The lowest BCUT2D eigenvalue weighted by atomic mass is 9.91. The molecular formula is C29H29FINO. The standard InChI is InChI=1S/C29H29FINO/c1-21(31)8-6-15-29(33)28-17-16-24(27-14-5-4-12-25(27)20-32)19-23(28)11-3-2-9-22-10-7-13-26(30)18-22/h4-5,7,10,12-14,16-19,21H,2-3,6,8-9,11,15H2,1H3/t21-/m0/s1. The maximum atomic E-state index is 13.4. The van der Waals surface area contributed by atoms with Crippen molar-refractivity contribution in [3.05, 3.63) is 94.8 Å². The Labute approximate surface area is 210 Å². The Morgan fingerprint density at radius 3 is 2.55 bits per heavy atom. The zero-order valence-electron chi connectivity index (χ0n) is 19.0. The van der Waals surface area contributed by atoms with Crippen molar-refractivity contribution in [3.63, 3.8) is 0 Å². The zero-order valence-corrected chi connectivity index (χ0v) is 21.1. The quantitative estimate of drug-likeness (QED) is 0.104. The average Bonchev–Trinajstić information content (AvgIpc) is 2.81. The van der Waals surface area contributed by atoms with E-state index in [2.05, 4.69) is 41.7 Å². The predicted octanol–water partition coefficient (Wildman–Crippen LogP) is 8.11. The number of carbonyl (C=O) groups is 1. The number of Topliss-reactive ketones (excluding diaryl/α,β-unsaturated/α-hetero) is 1. The monoisotopic (exact) mass is 553 g/mol. The highest BCUT2D eigenvalue weighted by molar-refractivity contribution is 14.1. The highest BCUT2D eigenvalue weighted by atomic mass is 127. The largest absolute Gasteiger partial charge is 0.294 e. The maximum Gasteiger partial charge on any atom is 0.163 e. The van der Waals surface area contributed by atoms with Crippen LogP contribution in [0.15, 0.2) is 66.7 Å². The van der Waals surface area contributed by atoms with E-state index in [1.54, 1.807) is 12.1 Å².